The van der Waals surface area contributed by atoms with E-state index in [9.17, 15) is 19.5 Å². The topological polar surface area (TPSA) is 108 Å². The summed E-state index contributed by atoms with van der Waals surface area (Å²) in [6.45, 7) is 11.9. The molecule has 0 fully saturated rings. The Balaban J connectivity index is 3.20. The molecule has 0 aliphatic heterocycles. The number of aromatic hydroxyl groups is 1. The lowest BCUT2D eigenvalue weighted by Crippen LogP contribution is -2.52. The summed E-state index contributed by atoms with van der Waals surface area (Å²) in [5, 5.41) is 15.7. The van der Waals surface area contributed by atoms with Crippen molar-refractivity contribution < 1.29 is 24.2 Å². The number of hydrogen-bond acceptors (Lipinski definition) is 5. The van der Waals surface area contributed by atoms with E-state index in [2.05, 4.69) is 17.6 Å². The van der Waals surface area contributed by atoms with Crippen LogP contribution >= 0.6 is 0 Å². The maximum Gasteiger partial charge on any atom is 0.408 e. The predicted molar refractivity (Wildman–Crippen MR) is 143 cm³/mol. The first kappa shape index (κ1) is 31.3. The van der Waals surface area contributed by atoms with Crippen LogP contribution in [0.3, 0.4) is 0 Å². The number of alkyl carbamates (subject to hydrolysis) is 1. The normalized spacial score (nSPS) is 12.9. The van der Waals surface area contributed by atoms with Gasteiger partial charge in [-0.05, 0) is 58.2 Å². The third kappa shape index (κ3) is 11.8. The van der Waals surface area contributed by atoms with Crippen molar-refractivity contribution in [3.8, 4) is 5.75 Å². The molecule has 2 unspecified atom stereocenters. The highest BCUT2D eigenvalue weighted by molar-refractivity contribution is 5.92. The Morgan fingerprint density at radius 3 is 2.25 bits per heavy atom. The van der Waals surface area contributed by atoms with Gasteiger partial charge in [0.1, 0.15) is 23.4 Å². The first-order valence-corrected chi connectivity index (χ1v) is 13.4. The van der Waals surface area contributed by atoms with E-state index in [-0.39, 0.29) is 17.6 Å². The van der Waals surface area contributed by atoms with Crippen LogP contribution in [0.5, 0.6) is 5.75 Å². The molecular formula is C28H47N3O5. The molecule has 8 nitrogen and oxygen atoms in total. The standard InChI is InChI=1S/C28H47N3O5/c1-7-9-11-12-13-14-19-31(26(34)21(3)30-27(35)36-28(4,5)6)24(25(33)29-18-10-8-2)22-16-15-17-23(32)20-22/h15-17,20-21,24,32H,7-14,18-19H2,1-6H3,(H,29,33)(H,30,35). The Bertz CT molecular complexity index is 822. The molecule has 204 valence electrons. The van der Waals surface area contributed by atoms with Crippen LogP contribution in [0.25, 0.3) is 0 Å². The van der Waals surface area contributed by atoms with Gasteiger partial charge in [-0.2, -0.15) is 0 Å². The third-order valence-corrected chi connectivity index (χ3v) is 5.71. The van der Waals surface area contributed by atoms with Crippen LogP contribution in [0.15, 0.2) is 24.3 Å². The highest BCUT2D eigenvalue weighted by Crippen LogP contribution is 2.26. The zero-order valence-electron chi connectivity index (χ0n) is 23.1. The second-order valence-electron chi connectivity index (χ2n) is 10.3. The minimum absolute atomic E-state index is 0.0192. The van der Waals surface area contributed by atoms with E-state index in [4.69, 9.17) is 4.74 Å². The molecule has 3 N–H and O–H groups in total. The Morgan fingerprint density at radius 2 is 1.64 bits per heavy atom. The van der Waals surface area contributed by atoms with Gasteiger partial charge in [-0.1, -0.05) is 64.5 Å². The quantitative estimate of drug-likeness (QED) is 0.275. The van der Waals surface area contributed by atoms with Gasteiger partial charge in [-0.25, -0.2) is 4.79 Å². The second kappa shape index (κ2) is 16.1. The average Bonchev–Trinajstić information content (AvgIpc) is 2.78. The molecule has 0 spiro atoms. The van der Waals surface area contributed by atoms with Gasteiger partial charge in [0.2, 0.25) is 11.8 Å². The summed E-state index contributed by atoms with van der Waals surface area (Å²) in [6.07, 6.45) is 7.23. The van der Waals surface area contributed by atoms with Gasteiger partial charge in [0, 0.05) is 13.1 Å². The maximum atomic E-state index is 13.7. The number of carbonyl (C=O) groups excluding carboxylic acids is 3. The predicted octanol–water partition coefficient (Wildman–Crippen LogP) is 5.45. The van der Waals surface area contributed by atoms with Gasteiger partial charge in [0.25, 0.3) is 0 Å². The van der Waals surface area contributed by atoms with Crippen LogP contribution in [0.2, 0.25) is 0 Å². The molecule has 2 atom stereocenters. The lowest BCUT2D eigenvalue weighted by molar-refractivity contribution is -0.142. The van der Waals surface area contributed by atoms with Gasteiger partial charge in [-0.3, -0.25) is 9.59 Å². The van der Waals surface area contributed by atoms with Crippen LogP contribution < -0.4 is 10.6 Å². The van der Waals surface area contributed by atoms with Crippen molar-refractivity contribution in [2.75, 3.05) is 13.1 Å². The van der Waals surface area contributed by atoms with E-state index in [1.54, 1.807) is 39.8 Å². The largest absolute Gasteiger partial charge is 0.508 e. The third-order valence-electron chi connectivity index (χ3n) is 5.71. The number of nitrogens with one attached hydrogen (secondary N) is 2. The number of nitrogens with zero attached hydrogens (tertiary/aromatic N) is 1. The number of phenols is 1. The van der Waals surface area contributed by atoms with Crippen molar-refractivity contribution in [2.24, 2.45) is 0 Å². The molecule has 8 heteroatoms. The van der Waals surface area contributed by atoms with Gasteiger partial charge in [0.15, 0.2) is 0 Å². The zero-order chi connectivity index (χ0) is 27.1. The highest BCUT2D eigenvalue weighted by Gasteiger charge is 2.34. The maximum absolute atomic E-state index is 13.7. The number of carbonyl (C=O) groups is 3. The van der Waals surface area contributed by atoms with Gasteiger partial charge < -0.3 is 25.4 Å². The Kier molecular flexibility index (Phi) is 14.0. The number of unbranched alkanes of at least 4 members (excludes halogenated alkanes) is 6. The lowest BCUT2D eigenvalue weighted by atomic mass is 10.0. The lowest BCUT2D eigenvalue weighted by Gasteiger charge is -2.34. The summed E-state index contributed by atoms with van der Waals surface area (Å²) in [6, 6.07) is 4.60. The van der Waals surface area contributed by atoms with Gasteiger partial charge in [0.05, 0.1) is 0 Å². The van der Waals surface area contributed by atoms with Gasteiger partial charge >= 0.3 is 6.09 Å². The van der Waals surface area contributed by atoms with Crippen molar-refractivity contribution >= 4 is 17.9 Å². The summed E-state index contributed by atoms with van der Waals surface area (Å²) >= 11 is 0. The SMILES string of the molecule is CCCCCCCCN(C(=O)C(C)NC(=O)OC(C)(C)C)C(C(=O)NCCCC)c1cccc(O)c1. The smallest absolute Gasteiger partial charge is 0.408 e. The van der Waals surface area contributed by atoms with Crippen LogP contribution in [0.1, 0.15) is 105 Å². The van der Waals surface area contributed by atoms with E-state index in [1.165, 1.54) is 23.5 Å². The molecule has 0 aliphatic carbocycles. The first-order chi connectivity index (χ1) is 17.0. The first-order valence-electron chi connectivity index (χ1n) is 13.4. The van der Waals surface area contributed by atoms with E-state index in [0.717, 1.165) is 44.9 Å². The van der Waals surface area contributed by atoms with Crippen molar-refractivity contribution in [1.82, 2.24) is 15.5 Å². The molecule has 36 heavy (non-hydrogen) atoms. The summed E-state index contributed by atoms with van der Waals surface area (Å²) in [4.78, 5) is 40.9. The van der Waals surface area contributed by atoms with Crippen molar-refractivity contribution in [1.29, 1.82) is 0 Å². The second-order valence-corrected chi connectivity index (χ2v) is 10.3. The number of ether oxygens (including phenoxy) is 1. The van der Waals surface area contributed by atoms with E-state index in [1.807, 2.05) is 6.92 Å². The number of rotatable bonds is 15. The van der Waals surface area contributed by atoms with Crippen molar-refractivity contribution in [2.45, 2.75) is 111 Å². The number of phenolic OH excluding ortho intramolecular Hbond substituents is 1. The van der Waals surface area contributed by atoms with Crippen LogP contribution in [0, 0.1) is 0 Å². The average molecular weight is 506 g/mol. The van der Waals surface area contributed by atoms with Crippen LogP contribution in [0.4, 0.5) is 4.79 Å². The van der Waals surface area contributed by atoms with Crippen LogP contribution in [-0.2, 0) is 14.3 Å². The number of amides is 3. The van der Waals surface area contributed by atoms with Gasteiger partial charge in [-0.15, -0.1) is 0 Å². The number of hydrogen-bond donors (Lipinski definition) is 3. The Morgan fingerprint density at radius 1 is 1.00 bits per heavy atom. The minimum Gasteiger partial charge on any atom is -0.508 e. The van der Waals surface area contributed by atoms with Crippen molar-refractivity contribution in [3.63, 3.8) is 0 Å². The number of benzene rings is 1. The fourth-order valence-corrected chi connectivity index (χ4v) is 3.88. The molecule has 0 radical (unpaired) electrons. The highest BCUT2D eigenvalue weighted by atomic mass is 16.6. The zero-order valence-corrected chi connectivity index (χ0v) is 23.1. The monoisotopic (exact) mass is 505 g/mol. The molecule has 0 aromatic heterocycles. The summed E-state index contributed by atoms with van der Waals surface area (Å²) in [5.41, 5.74) is -0.179. The summed E-state index contributed by atoms with van der Waals surface area (Å²) in [7, 11) is 0. The van der Waals surface area contributed by atoms with E-state index >= 15 is 0 Å². The molecule has 0 saturated carbocycles. The fourth-order valence-electron chi connectivity index (χ4n) is 3.88. The molecule has 0 heterocycles. The fraction of sp³-hybridized carbons (Fsp3) is 0.679. The molecular weight excluding hydrogens is 458 g/mol. The van der Waals surface area contributed by atoms with Crippen molar-refractivity contribution in [3.05, 3.63) is 29.8 Å². The Hall–Kier alpha value is -2.77. The molecule has 0 saturated heterocycles. The van der Waals surface area contributed by atoms with E-state index in [0.29, 0.717) is 18.7 Å². The molecule has 3 amide bonds. The molecule has 1 rings (SSSR count). The Labute approximate surface area is 217 Å². The molecule has 1 aromatic rings. The summed E-state index contributed by atoms with van der Waals surface area (Å²) in [5.74, 6) is -0.669. The molecule has 0 aliphatic rings. The van der Waals surface area contributed by atoms with E-state index < -0.39 is 23.8 Å². The summed E-state index contributed by atoms with van der Waals surface area (Å²) < 4.78 is 5.31. The van der Waals surface area contributed by atoms with Crippen LogP contribution in [-0.4, -0.2) is 52.6 Å². The molecule has 1 aromatic carbocycles. The molecule has 0 bridgehead atoms. The minimum atomic E-state index is -0.931.